The minimum Gasteiger partial charge on any atom is -0.462 e. The first-order valence-corrected chi connectivity index (χ1v) is 10.4. The van der Waals surface area contributed by atoms with Crippen molar-refractivity contribution in [1.29, 1.82) is 0 Å². The Bertz CT molecular complexity index is 989. The van der Waals surface area contributed by atoms with Crippen molar-refractivity contribution in [2.24, 2.45) is 0 Å². The maximum absolute atomic E-state index is 12.3. The fraction of sp³-hybridized carbons (Fsp3) is 0.316. The number of hydrogen-bond donors (Lipinski definition) is 2. The number of carbonyl (C=O) groups excluding carboxylic acids is 3. The molecule has 10 heteroatoms. The number of hydrogen-bond acceptors (Lipinski definition) is 7. The first-order chi connectivity index (χ1) is 13.8. The number of carbonyl (C=O) groups is 3. The first kappa shape index (κ1) is 21.4. The fourth-order valence-corrected chi connectivity index (χ4v) is 4.82. The molecule has 0 spiro atoms. The van der Waals surface area contributed by atoms with E-state index in [-0.39, 0.29) is 27.9 Å². The van der Waals surface area contributed by atoms with Crippen molar-refractivity contribution in [3.8, 4) is 0 Å². The van der Waals surface area contributed by atoms with Crippen LogP contribution in [-0.2, 0) is 27.1 Å². The van der Waals surface area contributed by atoms with E-state index in [9.17, 15) is 14.4 Å². The van der Waals surface area contributed by atoms with E-state index in [1.807, 2.05) is 0 Å². The number of aryl methyl sites for hydroxylation is 1. The van der Waals surface area contributed by atoms with Crippen LogP contribution in [0.3, 0.4) is 0 Å². The van der Waals surface area contributed by atoms with Crippen LogP contribution in [0.5, 0.6) is 0 Å². The van der Waals surface area contributed by atoms with Crippen LogP contribution >= 0.6 is 34.5 Å². The van der Waals surface area contributed by atoms with Crippen molar-refractivity contribution in [3.05, 3.63) is 43.7 Å². The van der Waals surface area contributed by atoms with Gasteiger partial charge in [-0.1, -0.05) is 23.2 Å². The molecule has 0 fully saturated rings. The van der Waals surface area contributed by atoms with Crippen LogP contribution in [0.1, 0.15) is 44.5 Å². The zero-order valence-electron chi connectivity index (χ0n) is 15.5. The zero-order valence-corrected chi connectivity index (χ0v) is 17.8. The van der Waals surface area contributed by atoms with Gasteiger partial charge in [-0.15, -0.1) is 11.3 Å². The number of benzene rings is 1. The predicted octanol–water partition coefficient (Wildman–Crippen LogP) is 4.10. The fourth-order valence-electron chi connectivity index (χ4n) is 3.04. The lowest BCUT2D eigenvalue weighted by Gasteiger charge is -2.10. The molecule has 1 aliphatic carbocycles. The molecule has 0 atom stereocenters. The molecular weight excluding hydrogens is 439 g/mol. The average molecular weight is 457 g/mol. The Morgan fingerprint density at radius 1 is 1.17 bits per heavy atom. The first-order valence-electron chi connectivity index (χ1n) is 8.85. The molecule has 0 saturated heterocycles. The molecule has 0 aliphatic heterocycles. The lowest BCUT2D eigenvalue weighted by atomic mass is 10.1. The monoisotopic (exact) mass is 456 g/mol. The summed E-state index contributed by atoms with van der Waals surface area (Å²) in [6, 6.07) is 2.71. The van der Waals surface area contributed by atoms with E-state index in [4.69, 9.17) is 38.4 Å². The second kappa shape index (κ2) is 9.02. The van der Waals surface area contributed by atoms with Gasteiger partial charge in [-0.25, -0.2) is 9.59 Å². The SMILES string of the molecule is CCOC(=O)c1c(NC(=O)COC(=O)c2cc(Cl)cc(Cl)c2N)sc2c1CCC2. The zero-order chi connectivity index (χ0) is 21.1. The molecule has 1 aromatic heterocycles. The molecule has 0 bridgehead atoms. The molecule has 1 aliphatic rings. The van der Waals surface area contributed by atoms with Gasteiger partial charge in [-0.2, -0.15) is 0 Å². The standard InChI is InChI=1S/C19H18Cl2N2O5S/c1-2-27-19(26)15-10-4-3-5-13(10)29-17(15)23-14(24)8-28-18(25)11-6-9(20)7-12(21)16(11)22/h6-7H,2-5,8,22H2,1H3,(H,23,24). The van der Waals surface area contributed by atoms with Crippen molar-refractivity contribution in [2.45, 2.75) is 26.2 Å². The number of rotatable bonds is 6. The van der Waals surface area contributed by atoms with Gasteiger partial charge in [0.25, 0.3) is 5.91 Å². The minimum atomic E-state index is -0.832. The molecule has 3 rings (SSSR count). The summed E-state index contributed by atoms with van der Waals surface area (Å²) in [7, 11) is 0. The third-order valence-electron chi connectivity index (χ3n) is 4.30. The summed E-state index contributed by atoms with van der Waals surface area (Å²) in [5.74, 6) is -1.89. The van der Waals surface area contributed by atoms with Gasteiger partial charge in [0.1, 0.15) is 5.00 Å². The normalized spacial score (nSPS) is 12.4. The van der Waals surface area contributed by atoms with E-state index in [1.54, 1.807) is 6.92 Å². The molecule has 2 aromatic rings. The van der Waals surface area contributed by atoms with Gasteiger partial charge in [-0.3, -0.25) is 4.79 Å². The number of halogens is 2. The van der Waals surface area contributed by atoms with Gasteiger partial charge in [0, 0.05) is 9.90 Å². The highest BCUT2D eigenvalue weighted by Crippen LogP contribution is 2.39. The topological polar surface area (TPSA) is 108 Å². The number of thiophene rings is 1. The van der Waals surface area contributed by atoms with Crippen LogP contribution in [0.2, 0.25) is 10.0 Å². The van der Waals surface area contributed by atoms with Crippen molar-refractivity contribution >= 4 is 63.1 Å². The van der Waals surface area contributed by atoms with Gasteiger partial charge in [0.15, 0.2) is 6.61 Å². The van der Waals surface area contributed by atoms with Crippen molar-refractivity contribution in [3.63, 3.8) is 0 Å². The largest absolute Gasteiger partial charge is 0.462 e. The Kier molecular flexibility index (Phi) is 6.66. The van der Waals surface area contributed by atoms with Crippen molar-refractivity contribution in [2.75, 3.05) is 24.3 Å². The maximum Gasteiger partial charge on any atom is 0.341 e. The number of nitrogens with one attached hydrogen (secondary N) is 1. The molecule has 1 heterocycles. The molecule has 1 amide bonds. The number of fused-ring (bicyclic) bond motifs is 1. The third-order valence-corrected chi connectivity index (χ3v) is 6.04. The molecule has 0 saturated carbocycles. The van der Waals surface area contributed by atoms with Crippen molar-refractivity contribution in [1.82, 2.24) is 0 Å². The summed E-state index contributed by atoms with van der Waals surface area (Å²) in [4.78, 5) is 37.9. The molecule has 1 aromatic carbocycles. The van der Waals surface area contributed by atoms with Crippen LogP contribution in [-0.4, -0.2) is 31.1 Å². The molecular formula is C19H18Cl2N2O5S. The number of amides is 1. The van der Waals surface area contributed by atoms with Crippen LogP contribution in [0.4, 0.5) is 10.7 Å². The summed E-state index contributed by atoms with van der Waals surface area (Å²) < 4.78 is 10.1. The lowest BCUT2D eigenvalue weighted by Crippen LogP contribution is -2.22. The van der Waals surface area contributed by atoms with E-state index in [0.717, 1.165) is 29.7 Å². The second-order valence-corrected chi connectivity index (χ2v) is 8.20. The molecule has 154 valence electrons. The number of esters is 2. The molecule has 29 heavy (non-hydrogen) atoms. The van der Waals surface area contributed by atoms with Crippen LogP contribution < -0.4 is 11.1 Å². The number of anilines is 2. The Morgan fingerprint density at radius 3 is 2.66 bits per heavy atom. The Labute approximate surface area is 181 Å². The molecule has 0 unspecified atom stereocenters. The summed E-state index contributed by atoms with van der Waals surface area (Å²) >= 11 is 13.1. The third kappa shape index (κ3) is 4.66. The highest BCUT2D eigenvalue weighted by atomic mass is 35.5. The molecule has 7 nitrogen and oxygen atoms in total. The minimum absolute atomic E-state index is 0.0146. The van der Waals surface area contributed by atoms with Crippen molar-refractivity contribution < 1.29 is 23.9 Å². The maximum atomic E-state index is 12.3. The van der Waals surface area contributed by atoms with Crippen LogP contribution in [0.25, 0.3) is 0 Å². The van der Waals surface area contributed by atoms with E-state index in [2.05, 4.69) is 5.32 Å². The number of nitrogens with two attached hydrogens (primary N) is 1. The lowest BCUT2D eigenvalue weighted by molar-refractivity contribution is -0.119. The molecule has 0 radical (unpaired) electrons. The average Bonchev–Trinajstić information content (AvgIpc) is 3.23. The van der Waals surface area contributed by atoms with Crippen LogP contribution in [0.15, 0.2) is 12.1 Å². The van der Waals surface area contributed by atoms with Gasteiger partial charge in [0.2, 0.25) is 0 Å². The van der Waals surface area contributed by atoms with Gasteiger partial charge >= 0.3 is 11.9 Å². The van der Waals surface area contributed by atoms with Gasteiger partial charge < -0.3 is 20.5 Å². The smallest absolute Gasteiger partial charge is 0.341 e. The highest BCUT2D eigenvalue weighted by molar-refractivity contribution is 7.17. The number of nitrogen functional groups attached to an aromatic ring is 1. The summed E-state index contributed by atoms with van der Waals surface area (Å²) in [6.07, 6.45) is 2.58. The summed E-state index contributed by atoms with van der Waals surface area (Å²) in [5, 5.41) is 3.37. The Morgan fingerprint density at radius 2 is 1.93 bits per heavy atom. The van der Waals surface area contributed by atoms with Gasteiger partial charge in [0.05, 0.1) is 28.4 Å². The second-order valence-electron chi connectivity index (χ2n) is 6.26. The quantitative estimate of drug-likeness (QED) is 0.500. The number of ether oxygens (including phenoxy) is 2. The van der Waals surface area contributed by atoms with Gasteiger partial charge in [-0.05, 0) is 43.9 Å². The molecule has 3 N–H and O–H groups in total. The summed E-state index contributed by atoms with van der Waals surface area (Å²) in [5.41, 5.74) is 7.05. The Balaban J connectivity index is 1.69. The van der Waals surface area contributed by atoms with E-state index >= 15 is 0 Å². The van der Waals surface area contributed by atoms with Crippen LogP contribution in [0, 0.1) is 0 Å². The predicted molar refractivity (Wildman–Crippen MR) is 112 cm³/mol. The summed E-state index contributed by atoms with van der Waals surface area (Å²) in [6.45, 7) is 1.39. The highest BCUT2D eigenvalue weighted by Gasteiger charge is 2.28. The van der Waals surface area contributed by atoms with E-state index in [0.29, 0.717) is 10.6 Å². The van der Waals surface area contributed by atoms with E-state index in [1.165, 1.54) is 23.5 Å². The van der Waals surface area contributed by atoms with E-state index < -0.39 is 24.5 Å². The Hall–Kier alpha value is -2.29.